The number of hydrogen-bond donors (Lipinski definition) is 3. The van der Waals surface area contributed by atoms with E-state index in [4.69, 9.17) is 0 Å². The van der Waals surface area contributed by atoms with Crippen LogP contribution in [0.1, 0.15) is 53.0 Å². The van der Waals surface area contributed by atoms with E-state index in [-0.39, 0.29) is 23.7 Å². The minimum absolute atomic E-state index is 0. The van der Waals surface area contributed by atoms with Gasteiger partial charge >= 0.3 is 0 Å². The zero-order valence-electron chi connectivity index (χ0n) is 15.0. The molecule has 0 spiro atoms. The van der Waals surface area contributed by atoms with Crippen molar-refractivity contribution < 1.29 is 4.79 Å². The Kier molecular flexibility index (Phi) is 5.99. The predicted octanol–water partition coefficient (Wildman–Crippen LogP) is 3.01. The first kappa shape index (κ1) is 18.9. The molecule has 1 amide bonds. The van der Waals surface area contributed by atoms with Crippen LogP contribution in [-0.4, -0.2) is 29.2 Å². The molecule has 140 valence electrons. The average Bonchev–Trinajstić information content (AvgIpc) is 3.28. The Morgan fingerprint density at radius 2 is 1.96 bits per heavy atom. The fraction of sp³-hybridized carbons (Fsp3) is 0.500. The Morgan fingerprint density at radius 3 is 2.73 bits per heavy atom. The van der Waals surface area contributed by atoms with Gasteiger partial charge in [-0.1, -0.05) is 43.2 Å². The molecule has 1 aromatic heterocycles. The van der Waals surface area contributed by atoms with Gasteiger partial charge in [-0.25, -0.2) is 0 Å². The fourth-order valence-electron chi connectivity index (χ4n) is 4.33. The molecule has 0 saturated heterocycles. The summed E-state index contributed by atoms with van der Waals surface area (Å²) in [4.78, 5) is 12.7. The number of amides is 1. The third-order valence-corrected chi connectivity index (χ3v) is 5.73. The molecule has 1 aliphatic carbocycles. The molecule has 6 heteroatoms. The SMILES string of the molecule is Cl.O=C(NCC1(Cc2ccccc2)CCCC1)c1n[nH]c2c1CNCC2. The van der Waals surface area contributed by atoms with Crippen LogP contribution < -0.4 is 10.6 Å². The number of aromatic amines is 1. The van der Waals surface area contributed by atoms with E-state index in [0.29, 0.717) is 5.69 Å². The number of aromatic nitrogens is 2. The van der Waals surface area contributed by atoms with E-state index in [1.807, 2.05) is 0 Å². The van der Waals surface area contributed by atoms with Crippen LogP contribution in [0, 0.1) is 5.41 Å². The van der Waals surface area contributed by atoms with Crippen molar-refractivity contribution in [1.29, 1.82) is 0 Å². The van der Waals surface area contributed by atoms with Crippen molar-refractivity contribution in [2.45, 2.75) is 45.1 Å². The summed E-state index contributed by atoms with van der Waals surface area (Å²) in [6, 6.07) is 10.6. The monoisotopic (exact) mass is 374 g/mol. The molecule has 2 aliphatic rings. The van der Waals surface area contributed by atoms with Crippen molar-refractivity contribution in [1.82, 2.24) is 20.8 Å². The number of rotatable bonds is 5. The summed E-state index contributed by atoms with van der Waals surface area (Å²) < 4.78 is 0. The highest BCUT2D eigenvalue weighted by atomic mass is 35.5. The second-order valence-corrected chi connectivity index (χ2v) is 7.51. The lowest BCUT2D eigenvalue weighted by Gasteiger charge is -2.29. The second-order valence-electron chi connectivity index (χ2n) is 7.51. The Hall–Kier alpha value is -1.85. The molecule has 0 bridgehead atoms. The number of carbonyl (C=O) groups is 1. The molecule has 2 aromatic rings. The van der Waals surface area contributed by atoms with Crippen LogP contribution in [0.25, 0.3) is 0 Å². The van der Waals surface area contributed by atoms with Crippen molar-refractivity contribution >= 4 is 18.3 Å². The summed E-state index contributed by atoms with van der Waals surface area (Å²) in [6.45, 7) is 2.40. The van der Waals surface area contributed by atoms with E-state index in [1.165, 1.54) is 31.2 Å². The number of nitrogens with zero attached hydrogens (tertiary/aromatic N) is 1. The fourth-order valence-corrected chi connectivity index (χ4v) is 4.33. The Balaban J connectivity index is 0.00000196. The van der Waals surface area contributed by atoms with E-state index in [1.54, 1.807) is 0 Å². The first-order valence-corrected chi connectivity index (χ1v) is 9.35. The normalized spacial score (nSPS) is 18.0. The van der Waals surface area contributed by atoms with Gasteiger partial charge in [0.1, 0.15) is 0 Å². The third kappa shape index (κ3) is 3.94. The third-order valence-electron chi connectivity index (χ3n) is 5.73. The van der Waals surface area contributed by atoms with E-state index >= 15 is 0 Å². The highest BCUT2D eigenvalue weighted by Crippen LogP contribution is 2.40. The average molecular weight is 375 g/mol. The van der Waals surface area contributed by atoms with Crippen LogP contribution in [0.2, 0.25) is 0 Å². The van der Waals surface area contributed by atoms with Gasteiger partial charge in [0.15, 0.2) is 5.69 Å². The van der Waals surface area contributed by atoms with E-state index in [9.17, 15) is 4.79 Å². The zero-order chi connectivity index (χ0) is 17.1. The van der Waals surface area contributed by atoms with Crippen LogP contribution in [0.5, 0.6) is 0 Å². The summed E-state index contributed by atoms with van der Waals surface area (Å²) >= 11 is 0. The van der Waals surface area contributed by atoms with Crippen molar-refractivity contribution in [3.05, 3.63) is 52.8 Å². The molecule has 0 unspecified atom stereocenters. The van der Waals surface area contributed by atoms with Crippen molar-refractivity contribution in [3.8, 4) is 0 Å². The second kappa shape index (κ2) is 8.23. The van der Waals surface area contributed by atoms with Gasteiger partial charge in [-0.05, 0) is 30.2 Å². The Morgan fingerprint density at radius 1 is 1.19 bits per heavy atom. The molecule has 2 heterocycles. The minimum Gasteiger partial charge on any atom is -0.350 e. The van der Waals surface area contributed by atoms with Gasteiger partial charge in [0.2, 0.25) is 0 Å². The van der Waals surface area contributed by atoms with Crippen LogP contribution in [0.15, 0.2) is 30.3 Å². The number of nitrogens with one attached hydrogen (secondary N) is 3. The molecule has 1 fully saturated rings. The van der Waals surface area contributed by atoms with Gasteiger partial charge in [0.25, 0.3) is 5.91 Å². The molecular formula is C20H27ClN4O. The van der Waals surface area contributed by atoms with E-state index < -0.39 is 0 Å². The maximum absolute atomic E-state index is 12.7. The largest absolute Gasteiger partial charge is 0.350 e. The summed E-state index contributed by atoms with van der Waals surface area (Å²) in [5.74, 6) is -0.0412. The maximum Gasteiger partial charge on any atom is 0.272 e. The lowest BCUT2D eigenvalue weighted by Crippen LogP contribution is -2.38. The van der Waals surface area contributed by atoms with Gasteiger partial charge in [0, 0.05) is 37.3 Å². The summed E-state index contributed by atoms with van der Waals surface area (Å²) in [5.41, 5.74) is 4.25. The van der Waals surface area contributed by atoms with Crippen molar-refractivity contribution in [2.75, 3.05) is 13.1 Å². The molecule has 1 saturated carbocycles. The molecule has 4 rings (SSSR count). The minimum atomic E-state index is -0.0412. The smallest absolute Gasteiger partial charge is 0.272 e. The molecule has 0 radical (unpaired) electrons. The molecular weight excluding hydrogens is 348 g/mol. The highest BCUT2D eigenvalue weighted by Gasteiger charge is 2.35. The van der Waals surface area contributed by atoms with Crippen LogP contribution >= 0.6 is 12.4 Å². The molecule has 1 aliphatic heterocycles. The summed E-state index contributed by atoms with van der Waals surface area (Å²) in [7, 11) is 0. The van der Waals surface area contributed by atoms with Gasteiger partial charge in [0.05, 0.1) is 0 Å². The Labute approximate surface area is 160 Å². The summed E-state index contributed by atoms with van der Waals surface area (Å²) in [6.07, 6.45) is 6.82. The molecule has 3 N–H and O–H groups in total. The molecule has 0 atom stereocenters. The van der Waals surface area contributed by atoms with E-state index in [2.05, 4.69) is 51.2 Å². The van der Waals surface area contributed by atoms with Gasteiger partial charge < -0.3 is 10.6 Å². The van der Waals surface area contributed by atoms with Crippen molar-refractivity contribution in [2.24, 2.45) is 5.41 Å². The number of fused-ring (bicyclic) bond motifs is 1. The van der Waals surface area contributed by atoms with Gasteiger partial charge in [-0.15, -0.1) is 12.4 Å². The van der Waals surface area contributed by atoms with E-state index in [0.717, 1.165) is 43.7 Å². The lowest BCUT2D eigenvalue weighted by atomic mass is 9.80. The number of halogens is 1. The first-order chi connectivity index (χ1) is 12.3. The number of hydrogen-bond acceptors (Lipinski definition) is 3. The molecule has 26 heavy (non-hydrogen) atoms. The van der Waals surface area contributed by atoms with Crippen LogP contribution in [-0.2, 0) is 19.4 Å². The number of benzene rings is 1. The molecule has 5 nitrogen and oxygen atoms in total. The lowest BCUT2D eigenvalue weighted by molar-refractivity contribution is 0.0923. The first-order valence-electron chi connectivity index (χ1n) is 9.35. The maximum atomic E-state index is 12.7. The van der Waals surface area contributed by atoms with Crippen LogP contribution in [0.4, 0.5) is 0 Å². The topological polar surface area (TPSA) is 69.8 Å². The highest BCUT2D eigenvalue weighted by molar-refractivity contribution is 5.94. The zero-order valence-corrected chi connectivity index (χ0v) is 15.8. The van der Waals surface area contributed by atoms with Crippen molar-refractivity contribution in [3.63, 3.8) is 0 Å². The molecule has 1 aromatic carbocycles. The number of carbonyl (C=O) groups excluding carboxylic acids is 1. The standard InChI is InChI=1S/C20H26N4O.ClH/c25-19(18-16-13-21-11-8-17(16)23-24-18)22-14-20(9-4-5-10-20)12-15-6-2-1-3-7-15;/h1-3,6-7,21H,4-5,8-14H2,(H,22,25)(H,23,24);1H. The Bertz CT molecular complexity index is 738. The van der Waals surface area contributed by atoms with Crippen LogP contribution in [0.3, 0.4) is 0 Å². The summed E-state index contributed by atoms with van der Waals surface area (Å²) in [5, 5.41) is 13.8. The van der Waals surface area contributed by atoms with Gasteiger partial charge in [-0.3, -0.25) is 9.89 Å². The predicted molar refractivity (Wildman–Crippen MR) is 105 cm³/mol. The quantitative estimate of drug-likeness (QED) is 0.753. The van der Waals surface area contributed by atoms with Gasteiger partial charge in [-0.2, -0.15) is 5.10 Å². The number of H-pyrrole nitrogens is 1.